The lowest BCUT2D eigenvalue weighted by Gasteiger charge is -2.17. The predicted octanol–water partition coefficient (Wildman–Crippen LogP) is 3.25. The van der Waals surface area contributed by atoms with Crippen molar-refractivity contribution in [1.29, 1.82) is 0 Å². The van der Waals surface area contributed by atoms with Gasteiger partial charge in [0.2, 0.25) is 5.91 Å². The van der Waals surface area contributed by atoms with Crippen LogP contribution in [0.1, 0.15) is 6.42 Å². The molecule has 1 fully saturated rings. The molecule has 2 rings (SSSR count). The summed E-state index contributed by atoms with van der Waals surface area (Å²) in [7, 11) is 0. The molecule has 1 aromatic carbocycles. The van der Waals surface area contributed by atoms with E-state index in [2.05, 4.69) is 26.0 Å². The molecule has 0 aromatic heterocycles. The molecule has 1 atom stereocenters. The van der Waals surface area contributed by atoms with Gasteiger partial charge in [0.25, 0.3) is 0 Å². The smallest absolute Gasteiger partial charge is 0.227 e. The minimum atomic E-state index is -0.434. The van der Waals surface area contributed by atoms with Gasteiger partial charge in [-0.15, -0.1) is 0 Å². The number of carbonyl (C=O) groups is 1. The number of azide groups is 1. The molecule has 94 valence electrons. The van der Waals surface area contributed by atoms with E-state index in [4.69, 9.17) is 5.53 Å². The Morgan fingerprint density at radius 1 is 1.61 bits per heavy atom. The second-order valence-electron chi connectivity index (χ2n) is 4.08. The minimum absolute atomic E-state index is 0.0493. The minimum Gasteiger partial charge on any atom is -0.309 e. The largest absolute Gasteiger partial charge is 0.309 e. The molecule has 1 amide bonds. The van der Waals surface area contributed by atoms with E-state index >= 15 is 0 Å². The number of anilines is 1. The zero-order valence-corrected chi connectivity index (χ0v) is 11.0. The number of rotatable bonds is 3. The maximum Gasteiger partial charge on any atom is 0.227 e. The summed E-state index contributed by atoms with van der Waals surface area (Å²) < 4.78 is 14.4. The molecule has 0 saturated carbocycles. The lowest BCUT2D eigenvalue weighted by molar-refractivity contribution is -0.117. The topological polar surface area (TPSA) is 69.1 Å². The van der Waals surface area contributed by atoms with E-state index in [9.17, 15) is 9.18 Å². The van der Waals surface area contributed by atoms with Gasteiger partial charge in [-0.05, 0) is 29.6 Å². The third-order valence-corrected chi connectivity index (χ3v) is 3.30. The molecule has 0 bridgehead atoms. The van der Waals surface area contributed by atoms with Crippen LogP contribution in [0.4, 0.5) is 10.1 Å². The first kappa shape index (κ1) is 12.9. The molecule has 0 spiro atoms. The third kappa shape index (κ3) is 2.63. The highest BCUT2D eigenvalue weighted by Crippen LogP contribution is 2.29. The van der Waals surface area contributed by atoms with Crippen LogP contribution in [0.2, 0.25) is 0 Å². The van der Waals surface area contributed by atoms with Gasteiger partial charge >= 0.3 is 0 Å². The number of amides is 1. The van der Waals surface area contributed by atoms with Crippen molar-refractivity contribution in [2.75, 3.05) is 18.0 Å². The summed E-state index contributed by atoms with van der Waals surface area (Å²) in [6.07, 6.45) is 0.283. The van der Waals surface area contributed by atoms with Crippen molar-refractivity contribution in [2.24, 2.45) is 11.0 Å². The van der Waals surface area contributed by atoms with Crippen LogP contribution in [0.5, 0.6) is 0 Å². The molecule has 1 aliphatic rings. The maximum atomic E-state index is 13.7. The highest BCUT2D eigenvalue weighted by atomic mass is 79.9. The monoisotopic (exact) mass is 312 g/mol. The Labute approximate surface area is 111 Å². The first-order valence-corrected chi connectivity index (χ1v) is 6.17. The van der Waals surface area contributed by atoms with Gasteiger partial charge in [-0.3, -0.25) is 4.79 Å². The van der Waals surface area contributed by atoms with Crippen molar-refractivity contribution in [3.05, 3.63) is 38.9 Å². The molecule has 1 aromatic rings. The van der Waals surface area contributed by atoms with Gasteiger partial charge in [-0.2, -0.15) is 0 Å². The van der Waals surface area contributed by atoms with Crippen LogP contribution in [0.25, 0.3) is 10.4 Å². The van der Waals surface area contributed by atoms with Crippen molar-refractivity contribution in [1.82, 2.24) is 0 Å². The van der Waals surface area contributed by atoms with E-state index in [-0.39, 0.29) is 30.5 Å². The summed E-state index contributed by atoms with van der Waals surface area (Å²) in [6, 6.07) is 4.47. The molecule has 1 heterocycles. The van der Waals surface area contributed by atoms with Crippen molar-refractivity contribution < 1.29 is 9.18 Å². The Hall–Kier alpha value is -1.59. The number of nitrogens with zero attached hydrogens (tertiary/aromatic N) is 4. The average Bonchev–Trinajstić information content (AvgIpc) is 2.71. The standard InChI is InChI=1S/C11H10BrFN4O/c12-8-1-2-9(13)10(4-8)17-6-7(3-11(17)18)5-15-16-14/h1-2,4,7H,3,5-6H2. The Morgan fingerprint density at radius 2 is 2.39 bits per heavy atom. The van der Waals surface area contributed by atoms with Gasteiger partial charge in [0.1, 0.15) is 5.82 Å². The van der Waals surface area contributed by atoms with Crippen LogP contribution in [-0.4, -0.2) is 19.0 Å². The maximum absolute atomic E-state index is 13.7. The fourth-order valence-electron chi connectivity index (χ4n) is 1.98. The number of carbonyl (C=O) groups excluding carboxylic acids is 1. The van der Waals surface area contributed by atoms with Gasteiger partial charge in [0.15, 0.2) is 0 Å². The molecular formula is C11H10BrFN4O. The summed E-state index contributed by atoms with van der Waals surface area (Å²) in [6.45, 7) is 0.638. The van der Waals surface area contributed by atoms with Gasteiger partial charge in [-0.25, -0.2) is 4.39 Å². The van der Waals surface area contributed by atoms with Crippen molar-refractivity contribution in [3.8, 4) is 0 Å². The zero-order chi connectivity index (χ0) is 13.1. The Kier molecular flexibility index (Phi) is 3.84. The zero-order valence-electron chi connectivity index (χ0n) is 9.38. The lowest BCUT2D eigenvalue weighted by Crippen LogP contribution is -2.25. The second-order valence-corrected chi connectivity index (χ2v) is 5.00. The highest BCUT2D eigenvalue weighted by molar-refractivity contribution is 9.10. The van der Waals surface area contributed by atoms with E-state index in [1.54, 1.807) is 12.1 Å². The molecule has 1 aliphatic heterocycles. The number of benzene rings is 1. The van der Waals surface area contributed by atoms with Crippen LogP contribution in [0, 0.1) is 11.7 Å². The quantitative estimate of drug-likeness (QED) is 0.480. The first-order valence-electron chi connectivity index (χ1n) is 5.38. The molecule has 7 heteroatoms. The summed E-state index contributed by atoms with van der Waals surface area (Å²) in [4.78, 5) is 15.9. The van der Waals surface area contributed by atoms with E-state index in [1.165, 1.54) is 11.0 Å². The van der Waals surface area contributed by atoms with Gasteiger partial charge in [0, 0.05) is 28.9 Å². The predicted molar refractivity (Wildman–Crippen MR) is 68.6 cm³/mol. The van der Waals surface area contributed by atoms with Crippen LogP contribution in [0.15, 0.2) is 27.8 Å². The average molecular weight is 313 g/mol. The van der Waals surface area contributed by atoms with Crippen molar-refractivity contribution >= 4 is 27.5 Å². The van der Waals surface area contributed by atoms with Gasteiger partial charge in [-0.1, -0.05) is 21.0 Å². The summed E-state index contributed by atoms with van der Waals surface area (Å²) >= 11 is 3.25. The van der Waals surface area contributed by atoms with E-state index in [1.807, 2.05) is 0 Å². The number of hydrogen-bond donors (Lipinski definition) is 0. The van der Waals surface area contributed by atoms with Crippen LogP contribution in [0.3, 0.4) is 0 Å². The van der Waals surface area contributed by atoms with E-state index in [0.717, 1.165) is 0 Å². The summed E-state index contributed by atoms with van der Waals surface area (Å²) in [5, 5.41) is 3.45. The van der Waals surface area contributed by atoms with Gasteiger partial charge < -0.3 is 4.90 Å². The fourth-order valence-corrected chi connectivity index (χ4v) is 2.33. The molecule has 5 nitrogen and oxygen atoms in total. The first-order chi connectivity index (χ1) is 8.61. The fraction of sp³-hybridized carbons (Fsp3) is 0.364. The molecule has 18 heavy (non-hydrogen) atoms. The van der Waals surface area contributed by atoms with Crippen LogP contribution < -0.4 is 4.90 Å². The van der Waals surface area contributed by atoms with Crippen molar-refractivity contribution in [2.45, 2.75) is 6.42 Å². The van der Waals surface area contributed by atoms with Crippen molar-refractivity contribution in [3.63, 3.8) is 0 Å². The van der Waals surface area contributed by atoms with E-state index < -0.39 is 5.82 Å². The Balaban J connectivity index is 2.21. The SMILES string of the molecule is [N-]=[N+]=NCC1CC(=O)N(c2cc(Br)ccc2F)C1. The molecular weight excluding hydrogens is 303 g/mol. The summed E-state index contributed by atoms with van der Waals surface area (Å²) in [5.74, 6) is -0.632. The molecule has 0 radical (unpaired) electrons. The molecule has 1 unspecified atom stereocenters. The molecule has 1 saturated heterocycles. The molecule has 0 aliphatic carbocycles. The summed E-state index contributed by atoms with van der Waals surface area (Å²) in [5.41, 5.74) is 8.51. The van der Waals surface area contributed by atoms with Crippen LogP contribution >= 0.6 is 15.9 Å². The third-order valence-electron chi connectivity index (χ3n) is 2.81. The normalized spacial score (nSPS) is 18.9. The van der Waals surface area contributed by atoms with Gasteiger partial charge in [0.05, 0.1) is 5.69 Å². The van der Waals surface area contributed by atoms with E-state index in [0.29, 0.717) is 11.0 Å². The van der Waals surface area contributed by atoms with Crippen LogP contribution in [-0.2, 0) is 4.79 Å². The number of hydrogen-bond acceptors (Lipinski definition) is 2. The lowest BCUT2D eigenvalue weighted by atomic mass is 10.1. The molecule has 0 N–H and O–H groups in total. The Morgan fingerprint density at radius 3 is 3.11 bits per heavy atom. The highest BCUT2D eigenvalue weighted by Gasteiger charge is 2.31. The Bertz CT molecular complexity index is 530. The second kappa shape index (κ2) is 5.37. The number of halogens is 2.